The van der Waals surface area contributed by atoms with Gasteiger partial charge in [-0.25, -0.2) is 0 Å². The summed E-state index contributed by atoms with van der Waals surface area (Å²) in [5, 5.41) is 22.8. The summed E-state index contributed by atoms with van der Waals surface area (Å²) in [4.78, 5) is 9.06. The highest BCUT2D eigenvalue weighted by molar-refractivity contribution is 6.17. The van der Waals surface area contributed by atoms with E-state index in [4.69, 9.17) is 0 Å². The van der Waals surface area contributed by atoms with E-state index in [-0.39, 0.29) is 0 Å². The van der Waals surface area contributed by atoms with E-state index < -0.39 is 0 Å². The van der Waals surface area contributed by atoms with E-state index in [1.165, 1.54) is 209 Å². The van der Waals surface area contributed by atoms with Gasteiger partial charge in [0.25, 0.3) is 0 Å². The summed E-state index contributed by atoms with van der Waals surface area (Å²) in [6.45, 7) is 0. The smallest absolute Gasteiger partial charge is 0.0561 e. The van der Waals surface area contributed by atoms with E-state index in [9.17, 15) is 0 Å². The Labute approximate surface area is 813 Å². The van der Waals surface area contributed by atoms with Crippen LogP contribution >= 0.6 is 0 Å². The van der Waals surface area contributed by atoms with Crippen LogP contribution in [0.15, 0.2) is 522 Å². The van der Waals surface area contributed by atoms with Gasteiger partial charge in [-0.2, -0.15) is 0 Å². The Kier molecular flexibility index (Phi) is 22.1. The van der Waals surface area contributed by atoms with Crippen molar-refractivity contribution < 1.29 is 0 Å². The zero-order valence-corrected chi connectivity index (χ0v) is 78.2. The number of anilines is 8. The fraction of sp³-hybridized carbons (Fsp3) is 0.0303. The molecule has 8 nitrogen and oxygen atoms in total. The molecule has 0 N–H and O–H groups in total. The Hall–Kier alpha value is -18.2. The Morgan fingerprint density at radius 2 is 0.436 bits per heavy atom. The van der Waals surface area contributed by atoms with Gasteiger partial charge in [-0.05, 0) is 230 Å². The van der Waals surface area contributed by atoms with Crippen LogP contribution in [0, 0.1) is 0 Å². The van der Waals surface area contributed by atoms with Crippen LogP contribution in [-0.2, 0) is 0 Å². The summed E-state index contributed by atoms with van der Waals surface area (Å²) in [6.07, 6.45) is 0. The van der Waals surface area contributed by atoms with Crippen LogP contribution in [0.2, 0.25) is 0 Å². The highest BCUT2D eigenvalue weighted by atomic mass is 15.1. The molecule has 0 fully saturated rings. The largest absolute Gasteiger partial charge is 0.345 e. The summed E-state index contributed by atoms with van der Waals surface area (Å²) in [5.41, 5.74) is 28.9. The molecule has 0 spiro atoms. The number of para-hydroxylation sites is 6. The van der Waals surface area contributed by atoms with Crippen molar-refractivity contribution in [1.29, 1.82) is 0 Å². The molecule has 0 unspecified atom stereocenters. The standard InChI is InChI=1S/2C35H26N2.C33H24N2.C29H22N2/c1-36(28-20-18-26(19-21-28)25-10-3-2-4-11-25)29-22-23-35-32(24-29)31-15-7-8-16-34(31)37(35)33-17-9-13-27-12-5-6-14-30(27)33;1-36(29-18-15-27(16-19-29)25-9-3-2-4-10-25)30-21-22-33-32-13-7-8-14-34(32)37(35(33)24-30)31-20-17-26-11-5-6-12-28(26)23-31;1-34(33-22-23-10-2-3-11-26(23)27-12-4-5-13-28(27)33)24-18-20-25(21-19-24)35-31-16-8-6-14-29(31)30-15-7-9-17-32(30)35;1-30(22-12-3-2-4-13-22)23-18-19-29-26(20-23)25-15-7-8-16-28(25)31(29)27-17-9-11-21-10-5-6-14-24(21)27/h2*2-24H,1H3;2-22H,1H3;2-20H,1H3. The third kappa shape index (κ3) is 15.5. The Bertz CT molecular complexity index is 9250. The quantitative estimate of drug-likeness (QED) is 0.102. The van der Waals surface area contributed by atoms with Crippen LogP contribution in [0.3, 0.4) is 0 Å². The van der Waals surface area contributed by atoms with E-state index in [1.54, 1.807) is 0 Å². The summed E-state index contributed by atoms with van der Waals surface area (Å²) >= 11 is 0. The molecule has 23 aromatic carbocycles. The maximum absolute atomic E-state index is 2.41. The van der Waals surface area contributed by atoms with E-state index >= 15 is 0 Å². The average Bonchev–Trinajstić information content (AvgIpc) is 1.60. The van der Waals surface area contributed by atoms with Gasteiger partial charge in [-0.1, -0.05) is 352 Å². The molecule has 27 rings (SSSR count). The molecule has 4 heterocycles. The zero-order chi connectivity index (χ0) is 93.7. The van der Waals surface area contributed by atoms with Crippen LogP contribution in [0.25, 0.3) is 186 Å². The van der Waals surface area contributed by atoms with Crippen LogP contribution in [0.5, 0.6) is 0 Å². The normalized spacial score (nSPS) is 11.4. The van der Waals surface area contributed by atoms with Crippen molar-refractivity contribution in [3.8, 4) is 45.0 Å². The van der Waals surface area contributed by atoms with E-state index in [1.807, 2.05) is 0 Å². The van der Waals surface area contributed by atoms with Gasteiger partial charge in [0, 0.05) is 144 Å². The molecule has 27 aromatic rings. The first-order chi connectivity index (χ1) is 69.1. The van der Waals surface area contributed by atoms with Crippen LogP contribution < -0.4 is 19.6 Å². The van der Waals surface area contributed by atoms with Gasteiger partial charge in [0.15, 0.2) is 0 Å². The minimum absolute atomic E-state index is 1.16. The lowest BCUT2D eigenvalue weighted by Gasteiger charge is -2.23. The molecule has 0 aliphatic carbocycles. The van der Waals surface area contributed by atoms with Gasteiger partial charge in [0.2, 0.25) is 0 Å². The molecule has 8 heteroatoms. The van der Waals surface area contributed by atoms with Crippen molar-refractivity contribution in [3.63, 3.8) is 0 Å². The molecule has 0 bridgehead atoms. The summed E-state index contributed by atoms with van der Waals surface area (Å²) in [5.74, 6) is 0. The lowest BCUT2D eigenvalue weighted by atomic mass is 9.99. The lowest BCUT2D eigenvalue weighted by molar-refractivity contribution is 1.17. The molecule has 0 saturated carbocycles. The number of benzene rings is 23. The number of hydrogen-bond acceptors (Lipinski definition) is 4. The predicted molar refractivity (Wildman–Crippen MR) is 600 cm³/mol. The summed E-state index contributed by atoms with van der Waals surface area (Å²) < 4.78 is 9.57. The number of fused-ring (bicyclic) bond motifs is 18. The molecule has 0 saturated heterocycles. The third-order valence-electron chi connectivity index (χ3n) is 28.2. The third-order valence-corrected chi connectivity index (χ3v) is 28.2. The Balaban J connectivity index is 0.000000101. The Morgan fingerprint density at radius 3 is 0.914 bits per heavy atom. The van der Waals surface area contributed by atoms with Crippen LogP contribution in [0.1, 0.15) is 0 Å². The van der Waals surface area contributed by atoms with E-state index in [0.717, 1.165) is 22.7 Å². The molecule has 0 radical (unpaired) electrons. The van der Waals surface area contributed by atoms with Crippen molar-refractivity contribution >= 4 is 187 Å². The van der Waals surface area contributed by atoms with Gasteiger partial charge in [0.1, 0.15) is 0 Å². The van der Waals surface area contributed by atoms with Crippen molar-refractivity contribution in [2.75, 3.05) is 47.8 Å². The van der Waals surface area contributed by atoms with Crippen molar-refractivity contribution in [2.24, 2.45) is 0 Å². The molecular formula is C132H98N8. The van der Waals surface area contributed by atoms with Gasteiger partial charge < -0.3 is 37.9 Å². The fourth-order valence-corrected chi connectivity index (χ4v) is 21.0. The molecule has 666 valence electrons. The number of rotatable bonds is 14. The Morgan fingerprint density at radius 1 is 0.136 bits per heavy atom. The first-order valence-electron chi connectivity index (χ1n) is 48.0. The maximum Gasteiger partial charge on any atom is 0.0561 e. The van der Waals surface area contributed by atoms with Gasteiger partial charge in [-0.15, -0.1) is 0 Å². The monoisotopic (exact) mass is 1790 g/mol. The first-order valence-corrected chi connectivity index (χ1v) is 48.0. The maximum atomic E-state index is 2.41. The second-order valence-electron chi connectivity index (χ2n) is 36.1. The molecule has 0 amide bonds. The minimum atomic E-state index is 1.16. The molecule has 0 aliphatic rings. The summed E-state index contributed by atoms with van der Waals surface area (Å²) in [7, 11) is 8.57. The average molecular weight is 1800 g/mol. The predicted octanol–water partition coefficient (Wildman–Crippen LogP) is 35.3. The minimum Gasteiger partial charge on any atom is -0.345 e. The molecule has 4 aromatic heterocycles. The van der Waals surface area contributed by atoms with E-state index in [2.05, 4.69) is 588 Å². The van der Waals surface area contributed by atoms with Gasteiger partial charge in [-0.3, -0.25) is 0 Å². The highest BCUT2D eigenvalue weighted by Crippen LogP contribution is 2.45. The second kappa shape index (κ2) is 36.5. The first kappa shape index (κ1) is 84.7. The number of hydrogen-bond donors (Lipinski definition) is 0. The second-order valence-corrected chi connectivity index (χ2v) is 36.1. The molecule has 140 heavy (non-hydrogen) atoms. The zero-order valence-electron chi connectivity index (χ0n) is 78.2. The van der Waals surface area contributed by atoms with Gasteiger partial charge >= 0.3 is 0 Å². The number of nitrogens with zero attached hydrogens (tertiary/aromatic N) is 8. The molecule has 0 aliphatic heterocycles. The summed E-state index contributed by atoms with van der Waals surface area (Å²) in [6, 6.07) is 187. The lowest BCUT2D eigenvalue weighted by Crippen LogP contribution is -2.10. The van der Waals surface area contributed by atoms with Crippen molar-refractivity contribution in [2.45, 2.75) is 0 Å². The van der Waals surface area contributed by atoms with Crippen LogP contribution in [0.4, 0.5) is 45.5 Å². The molecule has 0 atom stereocenters. The van der Waals surface area contributed by atoms with Crippen molar-refractivity contribution in [1.82, 2.24) is 18.3 Å². The van der Waals surface area contributed by atoms with Crippen molar-refractivity contribution in [3.05, 3.63) is 522 Å². The topological polar surface area (TPSA) is 32.7 Å². The van der Waals surface area contributed by atoms with E-state index in [0.29, 0.717) is 0 Å². The number of aromatic nitrogens is 4. The molecular weight excluding hydrogens is 1700 g/mol. The fourth-order valence-electron chi connectivity index (χ4n) is 21.0. The highest BCUT2D eigenvalue weighted by Gasteiger charge is 2.23. The SMILES string of the molecule is CN(c1ccc(-c2ccccc2)cc1)c1ccc2c(c1)c1ccccc1n2-c1cccc2ccccc12.CN(c1ccc(-c2ccccc2)cc1)c1ccc2c3ccccc3n(-c3ccc4ccccc4c3)c2c1.CN(c1ccc(-n2c3ccccc3c3ccccc32)cc1)c1cc2ccccc2c2ccccc12.CN(c1ccccc1)c1ccc2c(c1)c1ccccc1n2-c1cccc2ccccc12. The van der Waals surface area contributed by atoms with Gasteiger partial charge in [0.05, 0.1) is 55.5 Å². The van der Waals surface area contributed by atoms with Crippen LogP contribution in [-0.4, -0.2) is 46.5 Å².